The van der Waals surface area contributed by atoms with Crippen molar-refractivity contribution in [3.05, 3.63) is 64.7 Å². The van der Waals surface area contributed by atoms with Gasteiger partial charge in [-0.05, 0) is 36.0 Å². The predicted molar refractivity (Wildman–Crippen MR) is 100 cm³/mol. The molecule has 0 atom stereocenters. The van der Waals surface area contributed by atoms with Crippen LogP contribution in [0.2, 0.25) is 0 Å². The molecule has 5 rings (SSSR count). The summed E-state index contributed by atoms with van der Waals surface area (Å²) in [6.45, 7) is 1.35. The first-order valence-electron chi connectivity index (χ1n) is 8.92. The van der Waals surface area contributed by atoms with Gasteiger partial charge in [0.25, 0.3) is 0 Å². The van der Waals surface area contributed by atoms with Crippen LogP contribution in [0, 0.1) is 10.1 Å². The largest absolute Gasteiger partial charge is 0.440 e. The Morgan fingerprint density at radius 1 is 1.07 bits per heavy atom. The van der Waals surface area contributed by atoms with E-state index < -0.39 is 0 Å². The first-order valence-corrected chi connectivity index (χ1v) is 8.92. The number of anilines is 1. The summed E-state index contributed by atoms with van der Waals surface area (Å²) in [5, 5.41) is 11.6. The maximum Gasteiger partial charge on any atom is 0.372 e. The van der Waals surface area contributed by atoms with Crippen molar-refractivity contribution in [2.24, 2.45) is 0 Å². The van der Waals surface area contributed by atoms with Crippen molar-refractivity contribution in [2.45, 2.75) is 18.8 Å². The normalized spacial score (nSPS) is 15.6. The number of piperidine rings is 1. The molecule has 8 heteroatoms. The Balaban J connectivity index is 1.41. The molecule has 4 aromatic rings. The lowest BCUT2D eigenvalue weighted by molar-refractivity contribution is -0.389. The number of para-hydroxylation sites is 2. The fourth-order valence-electron chi connectivity index (χ4n) is 3.76. The van der Waals surface area contributed by atoms with Crippen LogP contribution in [0.1, 0.15) is 24.7 Å². The van der Waals surface area contributed by atoms with E-state index in [4.69, 9.17) is 4.42 Å². The highest BCUT2D eigenvalue weighted by Gasteiger charge is 2.31. The summed E-state index contributed by atoms with van der Waals surface area (Å²) in [5.41, 5.74) is 2.25. The van der Waals surface area contributed by atoms with Gasteiger partial charge in [0, 0.05) is 25.1 Å². The Morgan fingerprint density at radius 2 is 1.85 bits per heavy atom. The topological polar surface area (TPSA) is 89.7 Å². The highest BCUT2D eigenvalue weighted by Crippen LogP contribution is 2.35. The SMILES string of the molecule is O=[N+]([O-])c1c(N2CCC(c3nc4ccccc4o3)CC2)nc2ccccn12. The van der Waals surface area contributed by atoms with E-state index in [1.165, 1.54) is 4.40 Å². The molecule has 4 heterocycles. The van der Waals surface area contributed by atoms with E-state index in [1.54, 1.807) is 18.3 Å². The van der Waals surface area contributed by atoms with Crippen molar-refractivity contribution in [3.63, 3.8) is 0 Å². The molecular formula is C19H17N5O3. The van der Waals surface area contributed by atoms with Gasteiger partial charge >= 0.3 is 5.82 Å². The van der Waals surface area contributed by atoms with Crippen molar-refractivity contribution < 1.29 is 9.34 Å². The van der Waals surface area contributed by atoms with E-state index >= 15 is 0 Å². The van der Waals surface area contributed by atoms with E-state index in [2.05, 4.69) is 9.97 Å². The summed E-state index contributed by atoms with van der Waals surface area (Å²) in [5.74, 6) is 1.42. The molecule has 1 fully saturated rings. The number of hydrogen-bond acceptors (Lipinski definition) is 6. The molecule has 0 unspecified atom stereocenters. The molecule has 27 heavy (non-hydrogen) atoms. The number of fused-ring (bicyclic) bond motifs is 2. The van der Waals surface area contributed by atoms with Crippen LogP contribution < -0.4 is 4.90 Å². The summed E-state index contributed by atoms with van der Waals surface area (Å²) in [4.78, 5) is 22.3. The van der Waals surface area contributed by atoms with E-state index in [-0.39, 0.29) is 16.7 Å². The molecule has 1 aromatic carbocycles. The Kier molecular flexibility index (Phi) is 3.56. The number of aromatic nitrogens is 3. The van der Waals surface area contributed by atoms with Gasteiger partial charge < -0.3 is 19.4 Å². The third kappa shape index (κ3) is 2.61. The van der Waals surface area contributed by atoms with Gasteiger partial charge in [-0.3, -0.25) is 0 Å². The molecule has 1 aliphatic heterocycles. The second-order valence-corrected chi connectivity index (χ2v) is 6.73. The van der Waals surface area contributed by atoms with Crippen molar-refractivity contribution in [1.29, 1.82) is 0 Å². The molecule has 0 aliphatic carbocycles. The number of hydrogen-bond donors (Lipinski definition) is 0. The van der Waals surface area contributed by atoms with Crippen LogP contribution >= 0.6 is 0 Å². The average Bonchev–Trinajstić information content (AvgIpc) is 3.29. The quantitative estimate of drug-likeness (QED) is 0.407. The average molecular weight is 363 g/mol. The van der Waals surface area contributed by atoms with Gasteiger partial charge in [-0.1, -0.05) is 18.2 Å². The van der Waals surface area contributed by atoms with Crippen molar-refractivity contribution in [3.8, 4) is 0 Å². The minimum atomic E-state index is -0.359. The van der Waals surface area contributed by atoms with Crippen LogP contribution in [0.3, 0.4) is 0 Å². The Labute approximate surface area is 154 Å². The van der Waals surface area contributed by atoms with Crippen molar-refractivity contribution in [1.82, 2.24) is 14.4 Å². The standard InChI is InChI=1S/C19H17N5O3/c25-24(26)19-17(21-16-7-3-4-10-23(16)19)22-11-8-13(9-12-22)18-20-14-5-1-2-6-15(14)27-18/h1-7,10,13H,8-9,11-12H2. The summed E-state index contributed by atoms with van der Waals surface area (Å²) < 4.78 is 7.43. The smallest absolute Gasteiger partial charge is 0.372 e. The molecule has 8 nitrogen and oxygen atoms in total. The van der Waals surface area contributed by atoms with Crippen LogP contribution in [-0.4, -0.2) is 32.4 Å². The number of nitrogens with zero attached hydrogens (tertiary/aromatic N) is 5. The number of oxazole rings is 1. The number of benzene rings is 1. The van der Waals surface area contributed by atoms with E-state index in [0.717, 1.165) is 29.8 Å². The van der Waals surface area contributed by atoms with Crippen LogP contribution in [0.25, 0.3) is 16.7 Å². The number of pyridine rings is 1. The minimum absolute atomic E-state index is 0.0194. The second kappa shape index (κ2) is 6.08. The first-order chi connectivity index (χ1) is 13.2. The third-order valence-electron chi connectivity index (χ3n) is 5.11. The molecule has 3 aromatic heterocycles. The molecule has 136 valence electrons. The fourth-order valence-corrected chi connectivity index (χ4v) is 3.76. The molecule has 1 saturated heterocycles. The van der Waals surface area contributed by atoms with Gasteiger partial charge in [-0.2, -0.15) is 9.38 Å². The summed E-state index contributed by atoms with van der Waals surface area (Å²) in [7, 11) is 0. The van der Waals surface area contributed by atoms with Crippen molar-refractivity contribution >= 4 is 28.4 Å². The third-order valence-corrected chi connectivity index (χ3v) is 5.11. The maximum atomic E-state index is 11.6. The van der Waals surface area contributed by atoms with E-state index in [1.807, 2.05) is 35.2 Å². The monoisotopic (exact) mass is 363 g/mol. The lowest BCUT2D eigenvalue weighted by Crippen LogP contribution is -2.33. The second-order valence-electron chi connectivity index (χ2n) is 6.73. The zero-order valence-electron chi connectivity index (χ0n) is 14.5. The van der Waals surface area contributed by atoms with E-state index in [0.29, 0.717) is 24.6 Å². The number of nitro groups is 1. The van der Waals surface area contributed by atoms with Gasteiger partial charge in [0.15, 0.2) is 11.5 Å². The molecule has 0 radical (unpaired) electrons. The minimum Gasteiger partial charge on any atom is -0.440 e. The molecule has 1 aliphatic rings. The zero-order valence-corrected chi connectivity index (χ0v) is 14.5. The summed E-state index contributed by atoms with van der Waals surface area (Å²) in [6.07, 6.45) is 3.31. The highest BCUT2D eigenvalue weighted by atomic mass is 16.6. The Morgan fingerprint density at radius 3 is 2.63 bits per heavy atom. The lowest BCUT2D eigenvalue weighted by Gasteiger charge is -2.30. The number of imidazole rings is 1. The summed E-state index contributed by atoms with van der Waals surface area (Å²) in [6, 6.07) is 13.1. The zero-order chi connectivity index (χ0) is 18.4. The van der Waals surface area contributed by atoms with Crippen LogP contribution in [0.5, 0.6) is 0 Å². The molecule has 0 saturated carbocycles. The van der Waals surface area contributed by atoms with Gasteiger partial charge in [0.05, 0.1) is 6.20 Å². The number of rotatable bonds is 3. The Hall–Kier alpha value is -3.42. The van der Waals surface area contributed by atoms with Gasteiger partial charge in [-0.15, -0.1) is 0 Å². The van der Waals surface area contributed by atoms with Crippen LogP contribution in [0.4, 0.5) is 11.6 Å². The van der Waals surface area contributed by atoms with Crippen molar-refractivity contribution in [2.75, 3.05) is 18.0 Å². The van der Waals surface area contributed by atoms with Crippen LogP contribution in [0.15, 0.2) is 53.1 Å². The molecular weight excluding hydrogens is 346 g/mol. The summed E-state index contributed by atoms with van der Waals surface area (Å²) >= 11 is 0. The van der Waals surface area contributed by atoms with Crippen LogP contribution in [-0.2, 0) is 0 Å². The highest BCUT2D eigenvalue weighted by molar-refractivity contribution is 5.72. The lowest BCUT2D eigenvalue weighted by atomic mass is 9.97. The first kappa shape index (κ1) is 15.8. The van der Waals surface area contributed by atoms with Gasteiger partial charge in [0.2, 0.25) is 11.5 Å². The molecule has 0 N–H and O–H groups in total. The Bertz CT molecular complexity index is 1110. The van der Waals surface area contributed by atoms with Gasteiger partial charge in [0.1, 0.15) is 5.52 Å². The maximum absolute atomic E-state index is 11.6. The van der Waals surface area contributed by atoms with Gasteiger partial charge in [-0.25, -0.2) is 4.98 Å². The fraction of sp³-hybridized carbons (Fsp3) is 0.263. The van der Waals surface area contributed by atoms with E-state index in [9.17, 15) is 10.1 Å². The molecule has 0 amide bonds. The molecule has 0 bridgehead atoms. The molecule has 0 spiro atoms. The predicted octanol–water partition coefficient (Wildman–Crippen LogP) is 3.77.